The summed E-state index contributed by atoms with van der Waals surface area (Å²) in [7, 11) is 0. The molecule has 5 heteroatoms. The molecule has 1 aromatic rings. The highest BCUT2D eigenvalue weighted by atomic mass is 16.3. The minimum absolute atomic E-state index is 0.128. The highest BCUT2D eigenvalue weighted by molar-refractivity contribution is 5.75. The Morgan fingerprint density at radius 1 is 1.08 bits per heavy atom. The standard InChI is InChI=1S/C21H33N3O2/c25-17-16-23-14-11-19(12-15-23)22-21(26)24-13-5-4-8-20(24)10-9-18-6-2-1-3-7-18/h1-3,6-7,19-20,25H,4-5,8-17H2,(H,22,26)/t20-/m0/s1. The molecule has 144 valence electrons. The van der Waals surface area contributed by atoms with Crippen molar-refractivity contribution < 1.29 is 9.90 Å². The number of carbonyl (C=O) groups is 1. The number of urea groups is 1. The summed E-state index contributed by atoms with van der Waals surface area (Å²) in [5.41, 5.74) is 1.36. The normalized spacial score (nSPS) is 22.3. The van der Waals surface area contributed by atoms with E-state index in [0.717, 1.165) is 64.7 Å². The molecule has 2 aliphatic rings. The third-order valence-electron chi connectivity index (χ3n) is 5.83. The second-order valence-electron chi connectivity index (χ2n) is 7.66. The second-order valence-corrected chi connectivity index (χ2v) is 7.66. The summed E-state index contributed by atoms with van der Waals surface area (Å²) in [6, 6.07) is 11.3. The van der Waals surface area contributed by atoms with E-state index in [1.807, 2.05) is 0 Å². The van der Waals surface area contributed by atoms with E-state index in [2.05, 4.69) is 45.4 Å². The van der Waals surface area contributed by atoms with Gasteiger partial charge < -0.3 is 20.2 Å². The number of aryl methyl sites for hydroxylation is 1. The van der Waals surface area contributed by atoms with Crippen LogP contribution >= 0.6 is 0 Å². The number of nitrogens with one attached hydrogen (secondary N) is 1. The first kappa shape index (κ1) is 19.2. The molecule has 2 amide bonds. The molecule has 26 heavy (non-hydrogen) atoms. The molecule has 0 aliphatic carbocycles. The molecule has 5 nitrogen and oxygen atoms in total. The van der Waals surface area contributed by atoms with Gasteiger partial charge in [-0.3, -0.25) is 0 Å². The smallest absolute Gasteiger partial charge is 0.317 e. The van der Waals surface area contributed by atoms with Crippen molar-refractivity contribution in [1.82, 2.24) is 15.1 Å². The van der Waals surface area contributed by atoms with E-state index in [4.69, 9.17) is 5.11 Å². The van der Waals surface area contributed by atoms with Crippen molar-refractivity contribution in [3.63, 3.8) is 0 Å². The Kier molecular flexibility index (Phi) is 7.32. The Balaban J connectivity index is 1.48. The fourth-order valence-corrected chi connectivity index (χ4v) is 4.25. The highest BCUT2D eigenvalue weighted by Crippen LogP contribution is 2.22. The summed E-state index contributed by atoms with van der Waals surface area (Å²) >= 11 is 0. The summed E-state index contributed by atoms with van der Waals surface area (Å²) in [5.74, 6) is 0. The van der Waals surface area contributed by atoms with Crippen molar-refractivity contribution in [3.8, 4) is 0 Å². The van der Waals surface area contributed by atoms with E-state index >= 15 is 0 Å². The monoisotopic (exact) mass is 359 g/mol. The number of carbonyl (C=O) groups excluding carboxylic acids is 1. The number of hydrogen-bond acceptors (Lipinski definition) is 3. The van der Waals surface area contributed by atoms with Gasteiger partial charge in [0.05, 0.1) is 6.61 Å². The maximum atomic E-state index is 12.9. The van der Waals surface area contributed by atoms with Crippen LogP contribution < -0.4 is 5.32 Å². The number of nitrogens with zero attached hydrogens (tertiary/aromatic N) is 2. The van der Waals surface area contributed by atoms with Crippen LogP contribution in [0.5, 0.6) is 0 Å². The largest absolute Gasteiger partial charge is 0.395 e. The summed E-state index contributed by atoms with van der Waals surface area (Å²) in [4.78, 5) is 17.2. The van der Waals surface area contributed by atoms with Crippen LogP contribution in [0.2, 0.25) is 0 Å². The number of likely N-dealkylation sites (tertiary alicyclic amines) is 2. The molecule has 0 aromatic heterocycles. The minimum atomic E-state index is 0.128. The molecule has 2 fully saturated rings. The molecule has 0 bridgehead atoms. The van der Waals surface area contributed by atoms with Gasteiger partial charge in [-0.2, -0.15) is 0 Å². The van der Waals surface area contributed by atoms with Crippen molar-refractivity contribution in [1.29, 1.82) is 0 Å². The van der Waals surface area contributed by atoms with Crippen molar-refractivity contribution in [2.24, 2.45) is 0 Å². The number of benzene rings is 1. The molecular formula is C21H33N3O2. The van der Waals surface area contributed by atoms with E-state index in [1.165, 1.54) is 12.0 Å². The zero-order valence-corrected chi connectivity index (χ0v) is 15.8. The molecule has 2 heterocycles. The fourth-order valence-electron chi connectivity index (χ4n) is 4.25. The lowest BCUT2D eigenvalue weighted by Crippen LogP contribution is -2.53. The van der Waals surface area contributed by atoms with Crippen LogP contribution in [-0.4, -0.2) is 65.8 Å². The Hall–Kier alpha value is -1.59. The second kappa shape index (κ2) is 9.93. The molecule has 1 atom stereocenters. The predicted octanol–water partition coefficient (Wildman–Crippen LogP) is 2.64. The average Bonchev–Trinajstić information content (AvgIpc) is 2.69. The summed E-state index contributed by atoms with van der Waals surface area (Å²) in [5, 5.41) is 12.3. The number of rotatable bonds is 6. The van der Waals surface area contributed by atoms with Gasteiger partial charge >= 0.3 is 6.03 Å². The first-order valence-electron chi connectivity index (χ1n) is 10.2. The predicted molar refractivity (Wildman–Crippen MR) is 104 cm³/mol. The summed E-state index contributed by atoms with van der Waals surface area (Å²) in [6.07, 6.45) is 7.51. The lowest BCUT2D eigenvalue weighted by molar-refractivity contribution is 0.130. The maximum absolute atomic E-state index is 12.9. The van der Waals surface area contributed by atoms with Crippen molar-refractivity contribution in [2.75, 3.05) is 32.8 Å². The van der Waals surface area contributed by atoms with E-state index < -0.39 is 0 Å². The van der Waals surface area contributed by atoms with Crippen molar-refractivity contribution in [2.45, 2.75) is 57.0 Å². The van der Waals surface area contributed by atoms with Crippen LogP contribution in [0, 0.1) is 0 Å². The quantitative estimate of drug-likeness (QED) is 0.821. The Morgan fingerprint density at radius 3 is 2.58 bits per heavy atom. The van der Waals surface area contributed by atoms with Crippen molar-refractivity contribution in [3.05, 3.63) is 35.9 Å². The molecular weight excluding hydrogens is 326 g/mol. The van der Waals surface area contributed by atoms with Crippen LogP contribution in [0.1, 0.15) is 44.1 Å². The first-order chi connectivity index (χ1) is 12.8. The number of aliphatic hydroxyl groups excluding tert-OH is 1. The van der Waals surface area contributed by atoms with Crippen LogP contribution in [0.15, 0.2) is 30.3 Å². The van der Waals surface area contributed by atoms with Gasteiger partial charge in [-0.15, -0.1) is 0 Å². The van der Waals surface area contributed by atoms with E-state index in [0.29, 0.717) is 6.04 Å². The molecule has 3 rings (SSSR count). The molecule has 0 unspecified atom stereocenters. The van der Waals surface area contributed by atoms with E-state index in [1.54, 1.807) is 0 Å². The summed E-state index contributed by atoms with van der Waals surface area (Å²) < 4.78 is 0. The third kappa shape index (κ3) is 5.45. The Morgan fingerprint density at radius 2 is 1.85 bits per heavy atom. The van der Waals surface area contributed by atoms with Gasteiger partial charge in [0.2, 0.25) is 0 Å². The van der Waals surface area contributed by atoms with Crippen LogP contribution in [-0.2, 0) is 6.42 Å². The number of hydrogen-bond donors (Lipinski definition) is 2. The van der Waals surface area contributed by atoms with E-state index in [-0.39, 0.29) is 18.7 Å². The highest BCUT2D eigenvalue weighted by Gasteiger charge is 2.28. The zero-order valence-electron chi connectivity index (χ0n) is 15.8. The minimum Gasteiger partial charge on any atom is -0.395 e. The molecule has 0 saturated carbocycles. The molecule has 0 radical (unpaired) electrons. The molecule has 2 N–H and O–H groups in total. The topological polar surface area (TPSA) is 55.8 Å². The molecule has 2 aliphatic heterocycles. The summed E-state index contributed by atoms with van der Waals surface area (Å²) in [6.45, 7) is 3.77. The number of β-amino-alcohol motifs (C(OH)–C–C–N with tert-alkyl or cyclic N) is 1. The lowest BCUT2D eigenvalue weighted by atomic mass is 9.96. The van der Waals surface area contributed by atoms with Crippen LogP contribution in [0.25, 0.3) is 0 Å². The van der Waals surface area contributed by atoms with E-state index in [9.17, 15) is 4.79 Å². The Bertz CT molecular complexity index is 543. The van der Waals surface area contributed by atoms with Crippen molar-refractivity contribution >= 4 is 6.03 Å². The Labute approximate surface area is 157 Å². The lowest BCUT2D eigenvalue weighted by Gasteiger charge is -2.38. The van der Waals surface area contributed by atoms with Crippen LogP contribution in [0.4, 0.5) is 4.79 Å². The molecule has 0 spiro atoms. The first-order valence-corrected chi connectivity index (χ1v) is 10.2. The van der Waals surface area contributed by atoms with Gasteiger partial charge in [-0.25, -0.2) is 4.79 Å². The molecule has 2 saturated heterocycles. The molecule has 1 aromatic carbocycles. The van der Waals surface area contributed by atoms with Gasteiger partial charge in [-0.05, 0) is 50.5 Å². The number of aliphatic hydroxyl groups is 1. The van der Waals surface area contributed by atoms with Crippen LogP contribution in [0.3, 0.4) is 0 Å². The van der Waals surface area contributed by atoms with Gasteiger partial charge in [-0.1, -0.05) is 30.3 Å². The van der Waals surface area contributed by atoms with Gasteiger partial charge in [0.15, 0.2) is 0 Å². The third-order valence-corrected chi connectivity index (χ3v) is 5.83. The average molecular weight is 360 g/mol. The zero-order chi connectivity index (χ0) is 18.2. The SMILES string of the molecule is O=C(NC1CCN(CCO)CC1)N1CCCC[C@H]1CCc1ccccc1. The number of piperidine rings is 2. The maximum Gasteiger partial charge on any atom is 0.317 e. The van der Waals surface area contributed by atoms with Gasteiger partial charge in [0.25, 0.3) is 0 Å². The van der Waals surface area contributed by atoms with Gasteiger partial charge in [0, 0.05) is 38.3 Å². The number of amides is 2. The van der Waals surface area contributed by atoms with Gasteiger partial charge in [0.1, 0.15) is 0 Å². The fraction of sp³-hybridized carbons (Fsp3) is 0.667.